The van der Waals surface area contributed by atoms with Gasteiger partial charge in [-0.2, -0.15) is 11.8 Å². The van der Waals surface area contributed by atoms with E-state index in [0.717, 1.165) is 5.69 Å². The molecule has 1 aromatic heterocycles. The van der Waals surface area contributed by atoms with E-state index < -0.39 is 5.60 Å². The molecule has 5 N–H and O–H groups in total. The second-order valence-electron chi connectivity index (χ2n) is 3.86. The molecule has 0 fully saturated rings. The predicted molar refractivity (Wildman–Crippen MR) is 69.5 cm³/mol. The van der Waals surface area contributed by atoms with Crippen molar-refractivity contribution in [3.05, 3.63) is 18.3 Å². The molecule has 0 aliphatic carbocycles. The first-order chi connectivity index (χ1) is 7.57. The minimum Gasteiger partial charge on any atom is -0.387 e. The Morgan fingerprint density at radius 1 is 1.62 bits per heavy atom. The summed E-state index contributed by atoms with van der Waals surface area (Å²) >= 11 is 1.62. The van der Waals surface area contributed by atoms with Crippen LogP contribution >= 0.6 is 11.8 Å². The van der Waals surface area contributed by atoms with Crippen molar-refractivity contribution >= 4 is 23.3 Å². The molecule has 0 saturated heterocycles. The van der Waals surface area contributed by atoms with Crippen LogP contribution in [0.4, 0.5) is 11.5 Å². The van der Waals surface area contributed by atoms with E-state index in [9.17, 15) is 5.11 Å². The van der Waals surface area contributed by atoms with Crippen molar-refractivity contribution in [3.8, 4) is 0 Å². The summed E-state index contributed by atoms with van der Waals surface area (Å²) in [6, 6.07) is 3.62. The fourth-order valence-electron chi connectivity index (χ4n) is 1.27. The third-order valence-electron chi connectivity index (χ3n) is 2.04. The third-order valence-corrected chi connectivity index (χ3v) is 2.95. The first-order valence-electron chi connectivity index (χ1n) is 4.95. The Morgan fingerprint density at radius 3 is 3.00 bits per heavy atom. The van der Waals surface area contributed by atoms with Gasteiger partial charge in [0.2, 0.25) is 0 Å². The highest BCUT2D eigenvalue weighted by atomic mass is 32.2. The lowest BCUT2D eigenvalue weighted by Gasteiger charge is -2.23. The van der Waals surface area contributed by atoms with Crippen LogP contribution in [0.5, 0.6) is 0 Å². The quantitative estimate of drug-likeness (QED) is 0.438. The van der Waals surface area contributed by atoms with Gasteiger partial charge >= 0.3 is 0 Å². The van der Waals surface area contributed by atoms with Gasteiger partial charge in [0.1, 0.15) is 5.82 Å². The van der Waals surface area contributed by atoms with E-state index in [1.54, 1.807) is 30.9 Å². The van der Waals surface area contributed by atoms with Crippen LogP contribution in [0.25, 0.3) is 0 Å². The van der Waals surface area contributed by atoms with Gasteiger partial charge in [0.15, 0.2) is 0 Å². The van der Waals surface area contributed by atoms with Crippen molar-refractivity contribution in [3.63, 3.8) is 0 Å². The Bertz CT molecular complexity index is 332. The summed E-state index contributed by atoms with van der Waals surface area (Å²) in [6.45, 7) is 2.29. The molecule has 5 nitrogen and oxygen atoms in total. The number of hydrazine groups is 1. The maximum Gasteiger partial charge on any atom is 0.141 e. The van der Waals surface area contributed by atoms with Gasteiger partial charge in [-0.15, -0.1) is 0 Å². The number of nitrogens with two attached hydrogens (primary N) is 1. The fourth-order valence-corrected chi connectivity index (χ4v) is 2.00. The molecule has 0 aliphatic rings. The summed E-state index contributed by atoms with van der Waals surface area (Å²) in [5.74, 6) is 6.54. The second-order valence-corrected chi connectivity index (χ2v) is 4.72. The molecule has 90 valence electrons. The number of aliphatic hydroxyl groups is 1. The number of aromatic nitrogens is 1. The van der Waals surface area contributed by atoms with Crippen molar-refractivity contribution in [1.29, 1.82) is 0 Å². The molecule has 0 spiro atoms. The smallest absolute Gasteiger partial charge is 0.141 e. The van der Waals surface area contributed by atoms with E-state index in [0.29, 0.717) is 18.1 Å². The molecule has 0 aromatic carbocycles. The third kappa shape index (κ3) is 4.26. The molecule has 1 unspecified atom stereocenters. The molecular formula is C10H18N4OS. The van der Waals surface area contributed by atoms with E-state index in [4.69, 9.17) is 5.84 Å². The Hall–Kier alpha value is -0.980. The van der Waals surface area contributed by atoms with Crippen LogP contribution in [-0.4, -0.2) is 34.2 Å². The summed E-state index contributed by atoms with van der Waals surface area (Å²) in [5.41, 5.74) is 2.63. The Kier molecular flexibility index (Phi) is 4.85. The number of thioether (sulfide) groups is 1. The SMILES string of the molecule is CSCC(C)(O)CNc1ccnc(NN)c1. The summed E-state index contributed by atoms with van der Waals surface area (Å²) in [6.07, 6.45) is 3.62. The van der Waals surface area contributed by atoms with Gasteiger partial charge in [0.25, 0.3) is 0 Å². The summed E-state index contributed by atoms with van der Waals surface area (Å²) in [7, 11) is 0. The van der Waals surface area contributed by atoms with Crippen molar-refractivity contribution in [2.24, 2.45) is 5.84 Å². The molecule has 1 atom stereocenters. The van der Waals surface area contributed by atoms with Crippen molar-refractivity contribution < 1.29 is 5.11 Å². The van der Waals surface area contributed by atoms with E-state index >= 15 is 0 Å². The topological polar surface area (TPSA) is 83.2 Å². The van der Waals surface area contributed by atoms with Crippen LogP contribution in [0.2, 0.25) is 0 Å². The molecule has 0 bridgehead atoms. The summed E-state index contributed by atoms with van der Waals surface area (Å²) < 4.78 is 0. The number of pyridine rings is 1. The molecule has 16 heavy (non-hydrogen) atoms. The first kappa shape index (κ1) is 13.1. The normalized spacial score (nSPS) is 14.2. The van der Waals surface area contributed by atoms with E-state index in [1.165, 1.54) is 0 Å². The molecule has 0 saturated carbocycles. The van der Waals surface area contributed by atoms with Crippen molar-refractivity contribution in [1.82, 2.24) is 4.98 Å². The van der Waals surface area contributed by atoms with Crippen LogP contribution in [0.1, 0.15) is 6.92 Å². The predicted octanol–water partition coefficient (Wildman–Crippen LogP) is 0.893. The summed E-state index contributed by atoms with van der Waals surface area (Å²) in [5, 5.41) is 13.1. The second kappa shape index (κ2) is 5.93. The average Bonchev–Trinajstić information content (AvgIpc) is 2.27. The number of hydrogen-bond donors (Lipinski definition) is 4. The minimum atomic E-state index is -0.723. The maximum absolute atomic E-state index is 9.96. The maximum atomic E-state index is 9.96. The van der Waals surface area contributed by atoms with Crippen LogP contribution in [0.15, 0.2) is 18.3 Å². The highest BCUT2D eigenvalue weighted by molar-refractivity contribution is 7.98. The van der Waals surface area contributed by atoms with Crippen LogP contribution in [0.3, 0.4) is 0 Å². The number of nitrogens with zero attached hydrogens (tertiary/aromatic N) is 1. The highest BCUT2D eigenvalue weighted by Crippen LogP contribution is 2.15. The minimum absolute atomic E-state index is 0.488. The monoisotopic (exact) mass is 242 g/mol. The van der Waals surface area contributed by atoms with Crippen LogP contribution in [-0.2, 0) is 0 Å². The lowest BCUT2D eigenvalue weighted by molar-refractivity contribution is 0.0997. The van der Waals surface area contributed by atoms with Crippen molar-refractivity contribution in [2.45, 2.75) is 12.5 Å². The lowest BCUT2D eigenvalue weighted by Crippen LogP contribution is -2.36. The zero-order valence-electron chi connectivity index (χ0n) is 9.53. The largest absolute Gasteiger partial charge is 0.387 e. The van der Waals surface area contributed by atoms with E-state index in [-0.39, 0.29) is 0 Å². The van der Waals surface area contributed by atoms with Gasteiger partial charge in [0, 0.05) is 30.2 Å². The molecular weight excluding hydrogens is 224 g/mol. The number of hydrogen-bond acceptors (Lipinski definition) is 6. The van der Waals surface area contributed by atoms with Gasteiger partial charge in [0.05, 0.1) is 5.60 Å². The Morgan fingerprint density at radius 2 is 2.38 bits per heavy atom. The first-order valence-corrected chi connectivity index (χ1v) is 6.34. The standard InChI is InChI=1S/C10H18N4OS/c1-10(15,7-16-2)6-13-8-3-4-12-9(5-8)14-11/h3-5,15H,6-7,11H2,1-2H3,(H2,12,13,14). The van der Waals surface area contributed by atoms with Gasteiger partial charge in [-0.05, 0) is 19.2 Å². The zero-order valence-corrected chi connectivity index (χ0v) is 10.3. The molecule has 6 heteroatoms. The Balaban J connectivity index is 2.53. The number of nitrogen functional groups attached to an aromatic ring is 1. The molecule has 1 aromatic rings. The van der Waals surface area contributed by atoms with Crippen LogP contribution < -0.4 is 16.6 Å². The lowest BCUT2D eigenvalue weighted by atomic mass is 10.1. The zero-order chi connectivity index (χ0) is 12.0. The highest BCUT2D eigenvalue weighted by Gasteiger charge is 2.18. The fraction of sp³-hybridized carbons (Fsp3) is 0.500. The Labute approximate surface area is 99.8 Å². The van der Waals surface area contributed by atoms with Gasteiger partial charge in [-0.25, -0.2) is 10.8 Å². The molecule has 0 amide bonds. The van der Waals surface area contributed by atoms with E-state index in [2.05, 4.69) is 15.7 Å². The summed E-state index contributed by atoms with van der Waals surface area (Å²) in [4.78, 5) is 4.00. The molecule has 1 rings (SSSR count). The average molecular weight is 242 g/mol. The van der Waals surface area contributed by atoms with Gasteiger partial charge in [-0.1, -0.05) is 0 Å². The number of rotatable bonds is 6. The molecule has 1 heterocycles. The van der Waals surface area contributed by atoms with Crippen LogP contribution in [0, 0.1) is 0 Å². The number of nitrogens with one attached hydrogen (secondary N) is 2. The number of anilines is 2. The molecule has 0 radical (unpaired) electrons. The molecule has 0 aliphatic heterocycles. The van der Waals surface area contributed by atoms with Gasteiger partial charge < -0.3 is 15.8 Å². The van der Waals surface area contributed by atoms with E-state index in [1.807, 2.05) is 12.3 Å². The van der Waals surface area contributed by atoms with Crippen molar-refractivity contribution in [2.75, 3.05) is 29.3 Å². The van der Waals surface area contributed by atoms with Gasteiger partial charge in [-0.3, -0.25) is 0 Å².